The van der Waals surface area contributed by atoms with Crippen molar-refractivity contribution >= 4 is 34.5 Å². The number of rotatable bonds is 6. The summed E-state index contributed by atoms with van der Waals surface area (Å²) in [6.07, 6.45) is 3.15. The molecule has 0 saturated heterocycles. The van der Waals surface area contributed by atoms with E-state index in [1.54, 1.807) is 10.6 Å². The van der Waals surface area contributed by atoms with Gasteiger partial charge >= 0.3 is 5.97 Å². The number of thioether (sulfide) groups is 1. The summed E-state index contributed by atoms with van der Waals surface area (Å²) in [7, 11) is 1.27. The van der Waals surface area contributed by atoms with Crippen LogP contribution in [-0.4, -0.2) is 40.8 Å². The van der Waals surface area contributed by atoms with Gasteiger partial charge in [0, 0.05) is 6.04 Å². The van der Waals surface area contributed by atoms with Crippen LogP contribution in [0.5, 0.6) is 0 Å². The topological polar surface area (TPSA) is 90.3 Å². The van der Waals surface area contributed by atoms with Gasteiger partial charge in [-0.05, 0) is 30.4 Å². The van der Waals surface area contributed by atoms with Crippen LogP contribution in [-0.2, 0) is 14.3 Å². The number of aromatic nitrogens is 2. The number of methoxy groups -OCH3 is 1. The molecule has 1 saturated carbocycles. The molecule has 1 fully saturated rings. The molecule has 0 aliphatic heterocycles. The fourth-order valence-corrected chi connectivity index (χ4v) is 4.74. The molecule has 1 aromatic heterocycles. The summed E-state index contributed by atoms with van der Waals surface area (Å²) in [5.41, 5.74) is 0.571. The lowest BCUT2D eigenvalue weighted by molar-refractivity contribution is -0.140. The number of para-hydroxylation sites is 1. The SMILES string of the molecule is COC(=O)CNC(=O)CSc1nc2ccccc2c(=O)n1[C@H]1CCC[C@H](C)[C@H]1C. The molecule has 7 nitrogen and oxygen atoms in total. The molecule has 2 aromatic rings. The highest BCUT2D eigenvalue weighted by atomic mass is 32.2. The summed E-state index contributed by atoms with van der Waals surface area (Å²) in [5.74, 6) is 0.122. The number of carbonyl (C=O) groups excluding carboxylic acids is 2. The van der Waals surface area contributed by atoms with E-state index >= 15 is 0 Å². The van der Waals surface area contributed by atoms with Crippen molar-refractivity contribution in [1.29, 1.82) is 0 Å². The quantitative estimate of drug-likeness (QED) is 0.442. The zero-order valence-corrected chi connectivity index (χ0v) is 17.8. The summed E-state index contributed by atoms with van der Waals surface area (Å²) >= 11 is 1.23. The minimum absolute atomic E-state index is 0.0565. The molecule has 1 amide bonds. The Morgan fingerprint density at radius 3 is 2.79 bits per heavy atom. The molecule has 0 bridgehead atoms. The van der Waals surface area contributed by atoms with Crippen LogP contribution in [0.3, 0.4) is 0 Å². The summed E-state index contributed by atoms with van der Waals surface area (Å²) in [6, 6.07) is 7.37. The maximum atomic E-state index is 13.3. The fourth-order valence-electron chi connectivity index (χ4n) is 3.86. The third-order valence-corrected chi connectivity index (χ3v) is 6.71. The van der Waals surface area contributed by atoms with Crippen LogP contribution in [0.25, 0.3) is 10.9 Å². The van der Waals surface area contributed by atoms with Crippen molar-refractivity contribution in [1.82, 2.24) is 14.9 Å². The van der Waals surface area contributed by atoms with E-state index in [1.807, 2.05) is 18.2 Å². The second kappa shape index (κ2) is 9.43. The highest BCUT2D eigenvalue weighted by molar-refractivity contribution is 7.99. The minimum atomic E-state index is -0.505. The third-order valence-electron chi connectivity index (χ3n) is 5.76. The second-order valence-corrected chi connectivity index (χ2v) is 8.51. The first kappa shape index (κ1) is 21.4. The molecule has 1 aromatic carbocycles. The zero-order chi connectivity index (χ0) is 21.0. The Morgan fingerprint density at radius 2 is 2.03 bits per heavy atom. The first-order chi connectivity index (χ1) is 13.9. The number of nitrogens with zero attached hydrogens (tertiary/aromatic N) is 2. The summed E-state index contributed by atoms with van der Waals surface area (Å²) in [6.45, 7) is 4.24. The van der Waals surface area contributed by atoms with Crippen molar-refractivity contribution in [3.8, 4) is 0 Å². The molecule has 1 aliphatic rings. The standard InChI is InChI=1S/C21H27N3O4S/c1-13-7-6-10-17(14(13)2)24-20(27)15-8-4-5-9-16(15)23-21(24)29-12-18(25)22-11-19(26)28-3/h4-5,8-9,13-14,17H,6-7,10-12H2,1-3H3,(H,22,25)/t13-,14+,17-/m0/s1. The molecular weight excluding hydrogens is 390 g/mol. The smallest absolute Gasteiger partial charge is 0.325 e. The highest BCUT2D eigenvalue weighted by Gasteiger charge is 2.31. The van der Waals surface area contributed by atoms with E-state index in [0.717, 1.165) is 19.3 Å². The Hall–Kier alpha value is -2.35. The van der Waals surface area contributed by atoms with E-state index in [2.05, 4.69) is 23.9 Å². The number of nitrogens with one attached hydrogen (secondary N) is 1. The summed E-state index contributed by atoms with van der Waals surface area (Å²) in [5, 5.41) is 3.66. The van der Waals surface area contributed by atoms with Crippen LogP contribution in [0, 0.1) is 11.8 Å². The van der Waals surface area contributed by atoms with Crippen molar-refractivity contribution < 1.29 is 14.3 Å². The van der Waals surface area contributed by atoms with E-state index < -0.39 is 5.97 Å². The normalized spacial score (nSPS) is 21.7. The Bertz CT molecular complexity index is 959. The predicted molar refractivity (Wildman–Crippen MR) is 113 cm³/mol. The van der Waals surface area contributed by atoms with Gasteiger partial charge in [-0.15, -0.1) is 0 Å². The van der Waals surface area contributed by atoms with Crippen molar-refractivity contribution in [2.45, 2.75) is 44.3 Å². The van der Waals surface area contributed by atoms with E-state index in [9.17, 15) is 14.4 Å². The van der Waals surface area contributed by atoms with Crippen LogP contribution >= 0.6 is 11.8 Å². The maximum absolute atomic E-state index is 13.3. The number of hydrogen-bond donors (Lipinski definition) is 1. The van der Waals surface area contributed by atoms with Gasteiger partial charge in [0.2, 0.25) is 5.91 Å². The van der Waals surface area contributed by atoms with Gasteiger partial charge in [-0.3, -0.25) is 19.0 Å². The van der Waals surface area contributed by atoms with Crippen molar-refractivity contribution in [2.24, 2.45) is 11.8 Å². The van der Waals surface area contributed by atoms with Crippen molar-refractivity contribution in [3.05, 3.63) is 34.6 Å². The lowest BCUT2D eigenvalue weighted by Gasteiger charge is -2.36. The van der Waals surface area contributed by atoms with Crippen LogP contribution in [0.4, 0.5) is 0 Å². The van der Waals surface area contributed by atoms with Gasteiger partial charge in [0.05, 0.1) is 23.8 Å². The number of fused-ring (bicyclic) bond motifs is 1. The molecule has 3 rings (SSSR count). The van der Waals surface area contributed by atoms with Gasteiger partial charge in [0.15, 0.2) is 5.16 Å². The molecular formula is C21H27N3O4S. The van der Waals surface area contributed by atoms with E-state index in [0.29, 0.717) is 27.9 Å². The number of esters is 1. The van der Waals surface area contributed by atoms with Gasteiger partial charge in [0.25, 0.3) is 5.56 Å². The number of carbonyl (C=O) groups is 2. The first-order valence-corrected chi connectivity index (χ1v) is 10.9. The average molecular weight is 418 g/mol. The average Bonchev–Trinajstić information content (AvgIpc) is 2.73. The molecule has 0 radical (unpaired) electrons. The van der Waals surface area contributed by atoms with Crippen LogP contribution < -0.4 is 10.9 Å². The zero-order valence-electron chi connectivity index (χ0n) is 17.0. The Kier molecular flexibility index (Phi) is 6.95. The maximum Gasteiger partial charge on any atom is 0.325 e. The number of benzene rings is 1. The van der Waals surface area contributed by atoms with E-state index in [-0.39, 0.29) is 29.8 Å². The Labute approximate surface area is 174 Å². The Balaban J connectivity index is 1.91. The lowest BCUT2D eigenvalue weighted by Crippen LogP contribution is -2.36. The molecule has 3 atom stereocenters. The lowest BCUT2D eigenvalue weighted by atomic mass is 9.78. The molecule has 156 valence electrons. The number of amides is 1. The van der Waals surface area contributed by atoms with Crippen LogP contribution in [0.15, 0.2) is 34.2 Å². The highest BCUT2D eigenvalue weighted by Crippen LogP contribution is 2.38. The molecule has 29 heavy (non-hydrogen) atoms. The minimum Gasteiger partial charge on any atom is -0.468 e. The number of ether oxygens (including phenoxy) is 1. The summed E-state index contributed by atoms with van der Waals surface area (Å²) in [4.78, 5) is 41.4. The molecule has 1 heterocycles. The predicted octanol–water partition coefficient (Wildman–Crippen LogP) is 2.78. The Morgan fingerprint density at radius 1 is 1.28 bits per heavy atom. The van der Waals surface area contributed by atoms with Crippen LogP contribution in [0.2, 0.25) is 0 Å². The van der Waals surface area contributed by atoms with Crippen LogP contribution in [0.1, 0.15) is 39.2 Å². The molecule has 0 spiro atoms. The second-order valence-electron chi connectivity index (χ2n) is 7.56. The third kappa shape index (κ3) is 4.80. The largest absolute Gasteiger partial charge is 0.468 e. The first-order valence-electron chi connectivity index (χ1n) is 9.90. The van der Waals surface area contributed by atoms with Gasteiger partial charge in [-0.25, -0.2) is 4.98 Å². The molecule has 8 heteroatoms. The van der Waals surface area contributed by atoms with Gasteiger partial charge in [-0.1, -0.05) is 50.6 Å². The van der Waals surface area contributed by atoms with Gasteiger partial charge in [0.1, 0.15) is 6.54 Å². The van der Waals surface area contributed by atoms with Crippen molar-refractivity contribution in [2.75, 3.05) is 19.4 Å². The fraction of sp³-hybridized carbons (Fsp3) is 0.524. The molecule has 1 aliphatic carbocycles. The van der Waals surface area contributed by atoms with Gasteiger partial charge in [-0.2, -0.15) is 0 Å². The molecule has 1 N–H and O–H groups in total. The monoisotopic (exact) mass is 417 g/mol. The van der Waals surface area contributed by atoms with E-state index in [4.69, 9.17) is 4.98 Å². The summed E-state index contributed by atoms with van der Waals surface area (Å²) < 4.78 is 6.32. The number of hydrogen-bond acceptors (Lipinski definition) is 6. The van der Waals surface area contributed by atoms with Gasteiger partial charge < -0.3 is 10.1 Å². The molecule has 0 unspecified atom stereocenters. The van der Waals surface area contributed by atoms with Crippen molar-refractivity contribution in [3.63, 3.8) is 0 Å². The van der Waals surface area contributed by atoms with E-state index in [1.165, 1.54) is 18.9 Å².